The summed E-state index contributed by atoms with van der Waals surface area (Å²) < 4.78 is 0. The summed E-state index contributed by atoms with van der Waals surface area (Å²) in [7, 11) is 0. The second-order valence-corrected chi connectivity index (χ2v) is 7.71. The summed E-state index contributed by atoms with van der Waals surface area (Å²) in [5.41, 5.74) is 0.988. The average Bonchev–Trinajstić information content (AvgIpc) is 3.03. The number of nitrogens with one attached hydrogen (secondary N) is 2. The molecule has 2 N–H and O–H groups in total. The summed E-state index contributed by atoms with van der Waals surface area (Å²) in [6.07, 6.45) is 7.74. The van der Waals surface area contributed by atoms with E-state index in [2.05, 4.69) is 40.3 Å². The fraction of sp³-hybridized carbons (Fsp3) is 0.400. The van der Waals surface area contributed by atoms with E-state index in [4.69, 9.17) is 9.97 Å². The summed E-state index contributed by atoms with van der Waals surface area (Å²) in [5, 5.41) is 10.3. The normalized spacial score (nSPS) is 15.8. The molecular weight excluding hydrogens is 328 g/mol. The molecule has 1 saturated carbocycles. The molecule has 0 aliphatic heterocycles. The maximum Gasteiger partial charge on any atom is 0.225 e. The number of benzene rings is 1. The van der Waals surface area contributed by atoms with Crippen molar-refractivity contribution in [1.29, 1.82) is 0 Å². The Bertz CT molecular complexity index is 808. The van der Waals surface area contributed by atoms with E-state index in [-0.39, 0.29) is 0 Å². The van der Waals surface area contributed by atoms with Gasteiger partial charge in [-0.15, -0.1) is 11.3 Å². The molecule has 0 amide bonds. The lowest BCUT2D eigenvalue weighted by atomic mass is 10.1. The van der Waals surface area contributed by atoms with Crippen molar-refractivity contribution in [1.82, 2.24) is 9.97 Å². The van der Waals surface area contributed by atoms with E-state index in [1.165, 1.54) is 43.4 Å². The Morgan fingerprint density at radius 3 is 2.60 bits per heavy atom. The number of aromatic nitrogens is 2. The van der Waals surface area contributed by atoms with E-state index in [0.29, 0.717) is 6.04 Å². The molecule has 2 aromatic heterocycles. The number of thiophene rings is 1. The Morgan fingerprint density at radius 2 is 1.80 bits per heavy atom. The Labute approximate surface area is 152 Å². The second kappa shape index (κ2) is 7.83. The van der Waals surface area contributed by atoms with Crippen molar-refractivity contribution in [3.8, 4) is 0 Å². The van der Waals surface area contributed by atoms with Crippen molar-refractivity contribution in [2.45, 2.75) is 51.1 Å². The van der Waals surface area contributed by atoms with Gasteiger partial charge in [0.05, 0.1) is 12.1 Å². The first kappa shape index (κ1) is 16.3. The molecule has 25 heavy (non-hydrogen) atoms. The molecule has 130 valence electrons. The molecule has 0 radical (unpaired) electrons. The predicted molar refractivity (Wildman–Crippen MR) is 106 cm³/mol. The minimum absolute atomic E-state index is 0.494. The van der Waals surface area contributed by atoms with Crippen LogP contribution in [0.3, 0.4) is 0 Å². The summed E-state index contributed by atoms with van der Waals surface area (Å²) >= 11 is 1.76. The van der Waals surface area contributed by atoms with Crippen molar-refractivity contribution in [3.63, 3.8) is 0 Å². The topological polar surface area (TPSA) is 49.8 Å². The van der Waals surface area contributed by atoms with Gasteiger partial charge in [-0.1, -0.05) is 43.9 Å². The van der Waals surface area contributed by atoms with Gasteiger partial charge in [-0.05, 0) is 36.4 Å². The fourth-order valence-electron chi connectivity index (χ4n) is 3.47. The number of hydrogen-bond acceptors (Lipinski definition) is 5. The quantitative estimate of drug-likeness (QED) is 0.601. The largest absolute Gasteiger partial charge is 0.364 e. The van der Waals surface area contributed by atoms with Crippen LogP contribution in [0.15, 0.2) is 41.8 Å². The number of nitrogens with zero attached hydrogens (tertiary/aromatic N) is 2. The molecule has 0 atom stereocenters. The zero-order chi connectivity index (χ0) is 16.9. The second-order valence-electron chi connectivity index (χ2n) is 6.68. The van der Waals surface area contributed by atoms with Gasteiger partial charge in [-0.25, -0.2) is 4.98 Å². The third kappa shape index (κ3) is 4.10. The van der Waals surface area contributed by atoms with Gasteiger partial charge in [0.15, 0.2) is 0 Å². The number of para-hydroxylation sites is 1. The van der Waals surface area contributed by atoms with Crippen molar-refractivity contribution >= 4 is 34.0 Å². The highest BCUT2D eigenvalue weighted by molar-refractivity contribution is 7.09. The molecule has 1 aliphatic carbocycles. The lowest BCUT2D eigenvalue weighted by molar-refractivity contribution is 0.615. The number of hydrogen-bond donors (Lipinski definition) is 2. The summed E-state index contributed by atoms with van der Waals surface area (Å²) in [4.78, 5) is 10.8. The highest BCUT2D eigenvalue weighted by atomic mass is 32.1. The number of rotatable bonds is 5. The molecule has 0 spiro atoms. The summed E-state index contributed by atoms with van der Waals surface area (Å²) in [5.74, 6) is 1.66. The van der Waals surface area contributed by atoms with Crippen molar-refractivity contribution in [3.05, 3.63) is 46.7 Å². The van der Waals surface area contributed by atoms with Crippen LogP contribution in [-0.4, -0.2) is 16.0 Å². The van der Waals surface area contributed by atoms with E-state index in [1.54, 1.807) is 11.3 Å². The third-order valence-electron chi connectivity index (χ3n) is 4.80. The smallest absolute Gasteiger partial charge is 0.225 e. The van der Waals surface area contributed by atoms with Gasteiger partial charge in [0.1, 0.15) is 5.82 Å². The molecule has 4 nitrogen and oxygen atoms in total. The minimum Gasteiger partial charge on any atom is -0.364 e. The molecule has 5 heteroatoms. The van der Waals surface area contributed by atoms with Crippen LogP contribution >= 0.6 is 11.3 Å². The average molecular weight is 353 g/mol. The van der Waals surface area contributed by atoms with Gasteiger partial charge in [0.25, 0.3) is 0 Å². The van der Waals surface area contributed by atoms with E-state index in [0.717, 1.165) is 29.2 Å². The van der Waals surface area contributed by atoms with Crippen LogP contribution in [0.4, 0.5) is 11.8 Å². The fourth-order valence-corrected chi connectivity index (χ4v) is 4.11. The maximum atomic E-state index is 4.80. The van der Waals surface area contributed by atoms with E-state index < -0.39 is 0 Å². The predicted octanol–water partition coefficient (Wildman–Crippen LogP) is 5.44. The van der Waals surface area contributed by atoms with Gasteiger partial charge in [-0.3, -0.25) is 0 Å². The molecule has 3 aromatic rings. The molecule has 0 unspecified atom stereocenters. The number of fused-ring (bicyclic) bond motifs is 1. The Balaban J connectivity index is 1.58. The van der Waals surface area contributed by atoms with Gasteiger partial charge < -0.3 is 10.6 Å². The van der Waals surface area contributed by atoms with Crippen LogP contribution < -0.4 is 10.6 Å². The first-order chi connectivity index (χ1) is 12.4. The molecular formula is C20H24N4S. The van der Waals surface area contributed by atoms with Gasteiger partial charge in [0, 0.05) is 16.3 Å². The van der Waals surface area contributed by atoms with Crippen LogP contribution in [-0.2, 0) is 6.54 Å². The highest BCUT2D eigenvalue weighted by Gasteiger charge is 2.14. The lowest BCUT2D eigenvalue weighted by Gasteiger charge is -2.17. The Kier molecular flexibility index (Phi) is 5.11. The number of anilines is 2. The van der Waals surface area contributed by atoms with E-state index in [9.17, 15) is 0 Å². The molecule has 0 saturated heterocycles. The molecule has 2 heterocycles. The van der Waals surface area contributed by atoms with E-state index in [1.807, 2.05) is 12.1 Å². The molecule has 1 fully saturated rings. The Morgan fingerprint density at radius 1 is 0.960 bits per heavy atom. The molecule has 0 bridgehead atoms. The molecule has 4 rings (SSSR count). The van der Waals surface area contributed by atoms with E-state index >= 15 is 0 Å². The van der Waals surface area contributed by atoms with Crippen LogP contribution in [0.5, 0.6) is 0 Å². The molecule has 1 aromatic carbocycles. The monoisotopic (exact) mass is 352 g/mol. The zero-order valence-corrected chi connectivity index (χ0v) is 15.2. The lowest BCUT2D eigenvalue weighted by Crippen LogP contribution is -2.20. The van der Waals surface area contributed by atoms with Crippen molar-refractivity contribution in [2.24, 2.45) is 0 Å². The van der Waals surface area contributed by atoms with Crippen LogP contribution in [0.2, 0.25) is 0 Å². The van der Waals surface area contributed by atoms with Crippen LogP contribution in [0.25, 0.3) is 10.9 Å². The maximum absolute atomic E-state index is 4.80. The highest BCUT2D eigenvalue weighted by Crippen LogP contribution is 2.25. The standard InChI is InChI=1S/C20H24N4S/c1-2-4-9-15(8-3-1)22-20-23-18-12-6-5-11-17(18)19(24-20)21-14-16-10-7-13-25-16/h5-7,10-13,15H,1-4,8-9,14H2,(H2,21,22,23,24). The summed E-state index contributed by atoms with van der Waals surface area (Å²) in [6, 6.07) is 12.9. The van der Waals surface area contributed by atoms with Gasteiger partial charge >= 0.3 is 0 Å². The van der Waals surface area contributed by atoms with Crippen molar-refractivity contribution < 1.29 is 0 Å². The SMILES string of the molecule is c1csc(CNc2nc(NC3CCCCCC3)nc3ccccc23)c1. The first-order valence-electron chi connectivity index (χ1n) is 9.18. The molecule has 1 aliphatic rings. The van der Waals surface area contributed by atoms with Crippen LogP contribution in [0.1, 0.15) is 43.4 Å². The zero-order valence-electron chi connectivity index (χ0n) is 14.4. The third-order valence-corrected chi connectivity index (χ3v) is 5.68. The Hall–Kier alpha value is -2.14. The van der Waals surface area contributed by atoms with Gasteiger partial charge in [-0.2, -0.15) is 4.98 Å². The van der Waals surface area contributed by atoms with Gasteiger partial charge in [0.2, 0.25) is 5.95 Å². The minimum atomic E-state index is 0.494. The first-order valence-corrected chi connectivity index (χ1v) is 10.1. The summed E-state index contributed by atoms with van der Waals surface area (Å²) in [6.45, 7) is 0.793. The van der Waals surface area contributed by atoms with Crippen molar-refractivity contribution in [2.75, 3.05) is 10.6 Å². The van der Waals surface area contributed by atoms with Crippen LogP contribution in [0, 0.1) is 0 Å².